The minimum atomic E-state index is -0.0949. The van der Waals surface area contributed by atoms with Crippen LogP contribution in [0.4, 0.5) is 10.5 Å². The van der Waals surface area contributed by atoms with Crippen LogP contribution in [0.15, 0.2) is 35.8 Å². The Bertz CT molecular complexity index is 654. The lowest BCUT2D eigenvalue weighted by Crippen LogP contribution is -2.36. The number of urea groups is 1. The molecule has 1 saturated carbocycles. The van der Waals surface area contributed by atoms with Crippen LogP contribution in [0.5, 0.6) is 5.88 Å². The van der Waals surface area contributed by atoms with Crippen LogP contribution in [-0.4, -0.2) is 28.1 Å². The first kappa shape index (κ1) is 15.8. The highest BCUT2D eigenvalue weighted by molar-refractivity contribution is 7.09. The van der Waals surface area contributed by atoms with Gasteiger partial charge in [-0.3, -0.25) is 0 Å². The molecule has 1 aliphatic carbocycles. The Hall–Kier alpha value is -2.08. The predicted molar refractivity (Wildman–Crippen MR) is 91.9 cm³/mol. The summed E-state index contributed by atoms with van der Waals surface area (Å²) in [4.78, 5) is 20.0. The molecular weight excluding hydrogens is 310 g/mol. The van der Waals surface area contributed by atoms with Crippen LogP contribution in [-0.2, 0) is 6.54 Å². The summed E-state index contributed by atoms with van der Waals surface area (Å²) in [5, 5.41) is 4.99. The van der Waals surface area contributed by atoms with E-state index in [9.17, 15) is 4.79 Å². The molecular formula is C17H21N3O2S. The van der Waals surface area contributed by atoms with E-state index in [4.69, 9.17) is 4.74 Å². The van der Waals surface area contributed by atoms with Gasteiger partial charge in [-0.2, -0.15) is 0 Å². The van der Waals surface area contributed by atoms with E-state index in [1.807, 2.05) is 36.3 Å². The van der Waals surface area contributed by atoms with E-state index in [1.54, 1.807) is 23.6 Å². The lowest BCUT2D eigenvalue weighted by atomic mass is 10.3. The van der Waals surface area contributed by atoms with Gasteiger partial charge in [0.2, 0.25) is 5.88 Å². The van der Waals surface area contributed by atoms with Gasteiger partial charge in [-0.1, -0.05) is 6.07 Å². The molecule has 0 saturated heterocycles. The van der Waals surface area contributed by atoms with E-state index in [0.29, 0.717) is 24.2 Å². The van der Waals surface area contributed by atoms with Crippen molar-refractivity contribution in [2.75, 3.05) is 5.32 Å². The van der Waals surface area contributed by atoms with Crippen molar-refractivity contribution >= 4 is 23.1 Å². The number of amides is 2. The molecule has 2 aromatic heterocycles. The fourth-order valence-corrected chi connectivity index (χ4v) is 3.02. The second-order valence-electron chi connectivity index (χ2n) is 5.89. The zero-order valence-corrected chi connectivity index (χ0v) is 14.2. The molecule has 0 aliphatic heterocycles. The molecule has 5 nitrogen and oxygen atoms in total. The maximum atomic E-state index is 12.7. The average molecular weight is 331 g/mol. The summed E-state index contributed by atoms with van der Waals surface area (Å²) >= 11 is 1.67. The van der Waals surface area contributed by atoms with Gasteiger partial charge in [-0.15, -0.1) is 11.3 Å². The normalized spacial score (nSPS) is 13.9. The molecule has 122 valence electrons. The number of carbonyl (C=O) groups is 1. The van der Waals surface area contributed by atoms with Crippen molar-refractivity contribution in [3.8, 4) is 5.88 Å². The summed E-state index contributed by atoms with van der Waals surface area (Å²) in [6.45, 7) is 4.52. The number of thiophene rings is 1. The number of aromatic nitrogens is 1. The molecule has 0 spiro atoms. The molecule has 0 unspecified atom stereocenters. The second-order valence-corrected chi connectivity index (χ2v) is 6.92. The molecule has 2 aromatic rings. The summed E-state index contributed by atoms with van der Waals surface area (Å²) in [6, 6.07) is 7.93. The van der Waals surface area contributed by atoms with Crippen LogP contribution >= 0.6 is 11.3 Å². The summed E-state index contributed by atoms with van der Waals surface area (Å²) in [7, 11) is 0. The van der Waals surface area contributed by atoms with Gasteiger partial charge in [0, 0.05) is 17.1 Å². The van der Waals surface area contributed by atoms with E-state index < -0.39 is 0 Å². The van der Waals surface area contributed by atoms with Crippen molar-refractivity contribution in [3.05, 3.63) is 40.7 Å². The maximum Gasteiger partial charge on any atom is 0.322 e. The Morgan fingerprint density at radius 1 is 1.43 bits per heavy atom. The highest BCUT2D eigenvalue weighted by atomic mass is 32.1. The molecule has 0 atom stereocenters. The quantitative estimate of drug-likeness (QED) is 0.866. The number of hydrogen-bond donors (Lipinski definition) is 1. The van der Waals surface area contributed by atoms with E-state index in [1.165, 1.54) is 4.88 Å². The van der Waals surface area contributed by atoms with Gasteiger partial charge in [0.25, 0.3) is 0 Å². The van der Waals surface area contributed by atoms with Gasteiger partial charge in [-0.05, 0) is 50.3 Å². The van der Waals surface area contributed by atoms with Gasteiger partial charge < -0.3 is 15.0 Å². The molecule has 3 rings (SSSR count). The first-order valence-electron chi connectivity index (χ1n) is 7.85. The second kappa shape index (κ2) is 7.00. The lowest BCUT2D eigenvalue weighted by molar-refractivity contribution is 0.205. The predicted octanol–water partition coefficient (Wildman–Crippen LogP) is 4.13. The SMILES string of the molecule is CC(C)Oc1ncccc1NC(=O)N(Cc1cccs1)C1CC1. The highest BCUT2D eigenvalue weighted by Gasteiger charge is 2.33. The molecule has 2 heterocycles. The number of anilines is 1. The Morgan fingerprint density at radius 2 is 2.26 bits per heavy atom. The maximum absolute atomic E-state index is 12.7. The molecule has 0 aromatic carbocycles. The van der Waals surface area contributed by atoms with Crippen molar-refractivity contribution in [3.63, 3.8) is 0 Å². The summed E-state index contributed by atoms with van der Waals surface area (Å²) in [5.41, 5.74) is 0.614. The van der Waals surface area contributed by atoms with Crippen LogP contribution in [0, 0.1) is 0 Å². The summed E-state index contributed by atoms with van der Waals surface area (Å²) in [6.07, 6.45) is 3.81. The monoisotopic (exact) mass is 331 g/mol. The summed E-state index contributed by atoms with van der Waals surface area (Å²) in [5.74, 6) is 0.461. The van der Waals surface area contributed by atoms with Crippen molar-refractivity contribution in [1.29, 1.82) is 0 Å². The number of rotatable bonds is 6. The fourth-order valence-electron chi connectivity index (χ4n) is 2.31. The van der Waals surface area contributed by atoms with Crippen molar-refractivity contribution in [2.45, 2.75) is 45.4 Å². The first-order valence-corrected chi connectivity index (χ1v) is 8.73. The van der Waals surface area contributed by atoms with Gasteiger partial charge in [-0.25, -0.2) is 9.78 Å². The van der Waals surface area contributed by atoms with Gasteiger partial charge in [0.05, 0.1) is 12.6 Å². The van der Waals surface area contributed by atoms with Crippen LogP contribution < -0.4 is 10.1 Å². The molecule has 6 heteroatoms. The minimum absolute atomic E-state index is 0.00575. The van der Waals surface area contributed by atoms with Crippen molar-refractivity contribution in [2.24, 2.45) is 0 Å². The fraction of sp³-hybridized carbons (Fsp3) is 0.412. The smallest absolute Gasteiger partial charge is 0.322 e. The van der Waals surface area contributed by atoms with E-state index in [0.717, 1.165) is 12.8 Å². The van der Waals surface area contributed by atoms with E-state index >= 15 is 0 Å². The van der Waals surface area contributed by atoms with Gasteiger partial charge in [0.15, 0.2) is 0 Å². The van der Waals surface area contributed by atoms with Crippen LogP contribution in [0.3, 0.4) is 0 Å². The third kappa shape index (κ3) is 4.22. The molecule has 1 aliphatic rings. The largest absolute Gasteiger partial charge is 0.473 e. The lowest BCUT2D eigenvalue weighted by Gasteiger charge is -2.23. The van der Waals surface area contributed by atoms with Gasteiger partial charge >= 0.3 is 6.03 Å². The van der Waals surface area contributed by atoms with Crippen molar-refractivity contribution < 1.29 is 9.53 Å². The Kier molecular flexibility index (Phi) is 4.81. The third-order valence-electron chi connectivity index (χ3n) is 3.51. The topological polar surface area (TPSA) is 54.5 Å². The Labute approximate surface area is 140 Å². The number of nitrogens with zero attached hydrogens (tertiary/aromatic N) is 2. The van der Waals surface area contributed by atoms with Gasteiger partial charge in [0.1, 0.15) is 5.69 Å². The Balaban J connectivity index is 1.72. The number of carbonyl (C=O) groups excluding carboxylic acids is 1. The van der Waals surface area contributed by atoms with Crippen LogP contribution in [0.1, 0.15) is 31.6 Å². The number of nitrogens with one attached hydrogen (secondary N) is 1. The van der Waals surface area contributed by atoms with Crippen LogP contribution in [0.2, 0.25) is 0 Å². The molecule has 23 heavy (non-hydrogen) atoms. The van der Waals surface area contributed by atoms with E-state index in [-0.39, 0.29) is 12.1 Å². The Morgan fingerprint density at radius 3 is 2.91 bits per heavy atom. The number of hydrogen-bond acceptors (Lipinski definition) is 4. The highest BCUT2D eigenvalue weighted by Crippen LogP contribution is 2.30. The minimum Gasteiger partial charge on any atom is -0.473 e. The third-order valence-corrected chi connectivity index (χ3v) is 4.38. The average Bonchev–Trinajstić information content (AvgIpc) is 3.22. The van der Waals surface area contributed by atoms with E-state index in [2.05, 4.69) is 16.4 Å². The first-order chi connectivity index (χ1) is 11.1. The molecule has 1 fully saturated rings. The number of ether oxygens (including phenoxy) is 1. The molecule has 0 bridgehead atoms. The van der Waals surface area contributed by atoms with Crippen molar-refractivity contribution in [1.82, 2.24) is 9.88 Å². The number of pyridine rings is 1. The zero-order chi connectivity index (χ0) is 16.2. The summed E-state index contributed by atoms with van der Waals surface area (Å²) < 4.78 is 5.67. The molecule has 1 N–H and O–H groups in total. The molecule has 2 amide bonds. The van der Waals surface area contributed by atoms with Crippen LogP contribution in [0.25, 0.3) is 0 Å². The molecule has 0 radical (unpaired) electrons. The standard InChI is InChI=1S/C17H21N3O2S/c1-12(2)22-16-15(6-3-9-18-16)19-17(21)20(13-7-8-13)11-14-5-4-10-23-14/h3-6,9-10,12-13H,7-8,11H2,1-2H3,(H,19,21). The zero-order valence-electron chi connectivity index (χ0n) is 13.4.